The summed E-state index contributed by atoms with van der Waals surface area (Å²) in [7, 11) is 0. The van der Waals surface area contributed by atoms with Gasteiger partial charge in [0.25, 0.3) is 0 Å². The van der Waals surface area contributed by atoms with E-state index in [0.717, 1.165) is 56.0 Å². The van der Waals surface area contributed by atoms with Gasteiger partial charge in [-0.2, -0.15) is 0 Å². The molecule has 0 spiro atoms. The summed E-state index contributed by atoms with van der Waals surface area (Å²) in [4.78, 5) is 17.4. The van der Waals surface area contributed by atoms with Gasteiger partial charge in [0.15, 0.2) is 11.5 Å². The Morgan fingerprint density at radius 2 is 2.08 bits per heavy atom. The molecule has 1 saturated heterocycles. The van der Waals surface area contributed by atoms with Crippen molar-refractivity contribution in [3.8, 4) is 11.5 Å². The van der Waals surface area contributed by atoms with E-state index in [9.17, 15) is 4.79 Å². The molecule has 0 saturated carbocycles. The van der Waals surface area contributed by atoms with Crippen molar-refractivity contribution in [2.24, 2.45) is 0 Å². The maximum atomic E-state index is 13.1. The molecule has 1 aromatic carbocycles. The molecule has 0 N–H and O–H groups in total. The predicted octanol–water partition coefficient (Wildman–Crippen LogP) is 3.42. The summed E-state index contributed by atoms with van der Waals surface area (Å²) in [5, 5.41) is 0. The molecular formula is C20H30N2O3. The molecule has 0 aliphatic carbocycles. The number of carbonyl (C=O) groups excluding carboxylic acids is 1. The zero-order chi connectivity index (χ0) is 17.8. The molecule has 0 aromatic heterocycles. The first-order valence-electron chi connectivity index (χ1n) is 9.57. The van der Waals surface area contributed by atoms with Gasteiger partial charge >= 0.3 is 0 Å². The average Bonchev–Trinajstić information content (AvgIpc) is 3.12. The number of ether oxygens (including phenoxy) is 2. The Kier molecular flexibility index (Phi) is 5.84. The van der Waals surface area contributed by atoms with E-state index in [0.29, 0.717) is 12.8 Å². The number of nitrogens with zero attached hydrogens (tertiary/aromatic N) is 2. The minimum absolute atomic E-state index is 0.109. The lowest BCUT2D eigenvalue weighted by molar-refractivity contribution is -0.140. The maximum absolute atomic E-state index is 13.1. The van der Waals surface area contributed by atoms with Crippen LogP contribution < -0.4 is 9.47 Å². The van der Waals surface area contributed by atoms with E-state index in [-0.39, 0.29) is 11.9 Å². The van der Waals surface area contributed by atoms with Crippen LogP contribution in [0.1, 0.15) is 52.0 Å². The van der Waals surface area contributed by atoms with E-state index in [1.54, 1.807) is 0 Å². The SMILES string of the molecule is CCC1CCCCN1C(=O)C(C)N(CC)Cc1ccc2c(c1)OCO2. The summed E-state index contributed by atoms with van der Waals surface area (Å²) in [6, 6.07) is 6.34. The molecule has 2 unspecified atom stereocenters. The minimum Gasteiger partial charge on any atom is -0.454 e. The molecule has 5 nitrogen and oxygen atoms in total. The minimum atomic E-state index is -0.109. The van der Waals surface area contributed by atoms with Gasteiger partial charge in [-0.1, -0.05) is 19.9 Å². The fraction of sp³-hybridized carbons (Fsp3) is 0.650. The lowest BCUT2D eigenvalue weighted by Crippen LogP contribution is -2.52. The molecule has 3 rings (SSSR count). The van der Waals surface area contributed by atoms with E-state index >= 15 is 0 Å². The van der Waals surface area contributed by atoms with Gasteiger partial charge < -0.3 is 14.4 Å². The van der Waals surface area contributed by atoms with Crippen molar-refractivity contribution < 1.29 is 14.3 Å². The molecule has 2 atom stereocenters. The van der Waals surface area contributed by atoms with Crippen LogP contribution in [0.5, 0.6) is 11.5 Å². The molecule has 1 fully saturated rings. The smallest absolute Gasteiger partial charge is 0.239 e. The highest BCUT2D eigenvalue weighted by Crippen LogP contribution is 2.33. The quantitative estimate of drug-likeness (QED) is 0.791. The fourth-order valence-corrected chi connectivity index (χ4v) is 3.91. The van der Waals surface area contributed by atoms with Crippen molar-refractivity contribution in [3.05, 3.63) is 23.8 Å². The molecule has 2 aliphatic heterocycles. The van der Waals surface area contributed by atoms with Gasteiger partial charge in [0, 0.05) is 19.1 Å². The first-order chi connectivity index (χ1) is 12.1. The van der Waals surface area contributed by atoms with E-state index in [1.165, 1.54) is 6.42 Å². The van der Waals surface area contributed by atoms with Crippen LogP contribution in [0, 0.1) is 0 Å². The number of benzene rings is 1. The second kappa shape index (κ2) is 8.09. The number of amides is 1. The van der Waals surface area contributed by atoms with Gasteiger partial charge in [0.05, 0.1) is 6.04 Å². The Labute approximate surface area is 150 Å². The van der Waals surface area contributed by atoms with Crippen molar-refractivity contribution >= 4 is 5.91 Å². The molecule has 2 heterocycles. The van der Waals surface area contributed by atoms with Gasteiger partial charge in [-0.3, -0.25) is 9.69 Å². The molecule has 0 bridgehead atoms. The molecular weight excluding hydrogens is 316 g/mol. The Morgan fingerprint density at radius 1 is 1.28 bits per heavy atom. The van der Waals surface area contributed by atoms with Crippen LogP contribution in [0.25, 0.3) is 0 Å². The number of likely N-dealkylation sites (N-methyl/N-ethyl adjacent to an activating group) is 1. The third-order valence-electron chi connectivity index (χ3n) is 5.52. The first-order valence-corrected chi connectivity index (χ1v) is 9.57. The molecule has 1 aromatic rings. The molecule has 25 heavy (non-hydrogen) atoms. The van der Waals surface area contributed by atoms with E-state index in [4.69, 9.17) is 9.47 Å². The Hall–Kier alpha value is -1.75. The third kappa shape index (κ3) is 3.92. The monoisotopic (exact) mass is 346 g/mol. The lowest BCUT2D eigenvalue weighted by Gasteiger charge is -2.39. The summed E-state index contributed by atoms with van der Waals surface area (Å²) in [5.41, 5.74) is 1.15. The van der Waals surface area contributed by atoms with Gasteiger partial charge in [0.2, 0.25) is 12.7 Å². The topological polar surface area (TPSA) is 42.0 Å². The summed E-state index contributed by atoms with van der Waals surface area (Å²) >= 11 is 0. The zero-order valence-corrected chi connectivity index (χ0v) is 15.7. The summed E-state index contributed by atoms with van der Waals surface area (Å²) < 4.78 is 10.8. The number of carbonyl (C=O) groups is 1. The van der Waals surface area contributed by atoms with Crippen molar-refractivity contribution in [2.45, 2.75) is 65.1 Å². The highest BCUT2D eigenvalue weighted by molar-refractivity contribution is 5.82. The second-order valence-corrected chi connectivity index (χ2v) is 7.02. The van der Waals surface area contributed by atoms with Gasteiger partial charge in [0.1, 0.15) is 0 Å². The second-order valence-electron chi connectivity index (χ2n) is 7.02. The molecule has 0 radical (unpaired) electrons. The highest BCUT2D eigenvalue weighted by Gasteiger charge is 2.31. The van der Waals surface area contributed by atoms with Gasteiger partial charge in [-0.15, -0.1) is 0 Å². The molecule has 138 valence electrons. The van der Waals surface area contributed by atoms with E-state index in [1.807, 2.05) is 19.1 Å². The normalized spacial score (nSPS) is 20.8. The number of piperidine rings is 1. The van der Waals surface area contributed by atoms with Crippen molar-refractivity contribution in [1.29, 1.82) is 0 Å². The Morgan fingerprint density at radius 3 is 2.84 bits per heavy atom. The van der Waals surface area contributed by atoms with E-state index in [2.05, 4.69) is 29.7 Å². The Bertz CT molecular complexity index is 605. The highest BCUT2D eigenvalue weighted by atomic mass is 16.7. The van der Waals surface area contributed by atoms with Crippen molar-refractivity contribution in [1.82, 2.24) is 9.80 Å². The number of likely N-dealkylation sites (tertiary alicyclic amines) is 1. The van der Waals surface area contributed by atoms with Crippen molar-refractivity contribution in [3.63, 3.8) is 0 Å². The van der Waals surface area contributed by atoms with Crippen LogP contribution >= 0.6 is 0 Å². The average molecular weight is 346 g/mol. The zero-order valence-electron chi connectivity index (χ0n) is 15.7. The van der Waals surface area contributed by atoms with Crippen molar-refractivity contribution in [2.75, 3.05) is 19.9 Å². The number of hydrogen-bond donors (Lipinski definition) is 0. The summed E-state index contributed by atoms with van der Waals surface area (Å²) in [6.45, 7) is 9.12. The van der Waals surface area contributed by atoms with Gasteiger partial charge in [-0.25, -0.2) is 0 Å². The van der Waals surface area contributed by atoms with Crippen LogP contribution in [-0.4, -0.2) is 47.7 Å². The first kappa shape index (κ1) is 18.1. The molecule has 5 heteroatoms. The summed E-state index contributed by atoms with van der Waals surface area (Å²) in [6.07, 6.45) is 4.56. The van der Waals surface area contributed by atoms with Crippen LogP contribution in [0.2, 0.25) is 0 Å². The van der Waals surface area contributed by atoms with Crippen LogP contribution in [0.15, 0.2) is 18.2 Å². The maximum Gasteiger partial charge on any atom is 0.239 e. The van der Waals surface area contributed by atoms with Crippen LogP contribution in [-0.2, 0) is 11.3 Å². The number of rotatable bonds is 6. The van der Waals surface area contributed by atoms with E-state index < -0.39 is 0 Å². The van der Waals surface area contributed by atoms with Gasteiger partial charge in [-0.05, 0) is 56.8 Å². The van der Waals surface area contributed by atoms with Crippen LogP contribution in [0.3, 0.4) is 0 Å². The molecule has 1 amide bonds. The molecule has 2 aliphatic rings. The predicted molar refractivity (Wildman–Crippen MR) is 97.8 cm³/mol. The largest absolute Gasteiger partial charge is 0.454 e. The third-order valence-corrected chi connectivity index (χ3v) is 5.52. The fourth-order valence-electron chi connectivity index (χ4n) is 3.91. The Balaban J connectivity index is 1.68. The number of fused-ring (bicyclic) bond motifs is 1. The van der Waals surface area contributed by atoms with Crippen LogP contribution in [0.4, 0.5) is 0 Å². The standard InChI is InChI=1S/C20H30N2O3/c1-4-17-8-6-7-11-22(17)20(23)15(3)21(5-2)13-16-9-10-18-19(12-16)25-14-24-18/h9-10,12,15,17H,4-8,11,13-14H2,1-3H3. The summed E-state index contributed by atoms with van der Waals surface area (Å²) in [5.74, 6) is 1.87. The number of hydrogen-bond acceptors (Lipinski definition) is 4. The lowest BCUT2D eigenvalue weighted by atomic mass is 9.99.